The minimum Gasteiger partial charge on any atom is -0.465 e. The van der Waals surface area contributed by atoms with Gasteiger partial charge in [0.1, 0.15) is 5.56 Å². The lowest BCUT2D eigenvalue weighted by atomic mass is 10.2. The van der Waals surface area contributed by atoms with Gasteiger partial charge < -0.3 is 14.4 Å². The van der Waals surface area contributed by atoms with Gasteiger partial charge in [0.25, 0.3) is 0 Å². The second kappa shape index (κ2) is 5.29. The summed E-state index contributed by atoms with van der Waals surface area (Å²) in [6.45, 7) is 2.54. The number of ether oxygens (including phenoxy) is 2. The lowest BCUT2D eigenvalue weighted by Crippen LogP contribution is -2.38. The lowest BCUT2D eigenvalue weighted by molar-refractivity contribution is 0.0599. The molecule has 0 aromatic carbocycles. The first-order chi connectivity index (χ1) is 8.22. The number of morpholine rings is 1. The molecule has 6 nitrogen and oxygen atoms in total. The van der Waals surface area contributed by atoms with E-state index in [0.717, 1.165) is 0 Å². The molecule has 0 amide bonds. The summed E-state index contributed by atoms with van der Waals surface area (Å²) in [4.78, 5) is 13.6. The number of rotatable bonds is 2. The normalized spacial score (nSPS) is 15.8. The van der Waals surface area contributed by atoms with E-state index in [4.69, 9.17) is 21.1 Å². The van der Waals surface area contributed by atoms with Gasteiger partial charge in [0.15, 0.2) is 11.0 Å². The first-order valence-electron chi connectivity index (χ1n) is 5.16. The van der Waals surface area contributed by atoms with Gasteiger partial charge in [-0.2, -0.15) is 0 Å². The van der Waals surface area contributed by atoms with Crippen LogP contribution in [0.15, 0.2) is 6.07 Å². The van der Waals surface area contributed by atoms with E-state index in [2.05, 4.69) is 10.2 Å². The van der Waals surface area contributed by atoms with Gasteiger partial charge in [-0.05, 0) is 6.07 Å². The topological polar surface area (TPSA) is 64.5 Å². The summed E-state index contributed by atoms with van der Waals surface area (Å²) < 4.78 is 9.94. The monoisotopic (exact) mass is 257 g/mol. The number of nitrogens with zero attached hydrogens (tertiary/aromatic N) is 3. The number of carbonyl (C=O) groups is 1. The van der Waals surface area contributed by atoms with E-state index in [1.165, 1.54) is 13.2 Å². The highest BCUT2D eigenvalue weighted by Gasteiger charge is 2.21. The quantitative estimate of drug-likeness (QED) is 0.729. The number of esters is 1. The molecular weight excluding hydrogens is 246 g/mol. The molecule has 17 heavy (non-hydrogen) atoms. The summed E-state index contributed by atoms with van der Waals surface area (Å²) in [5.41, 5.74) is 0.328. The molecule has 7 heteroatoms. The first-order valence-corrected chi connectivity index (χ1v) is 5.54. The molecule has 1 fully saturated rings. The molecule has 0 bridgehead atoms. The lowest BCUT2D eigenvalue weighted by Gasteiger charge is -2.28. The molecule has 2 rings (SSSR count). The summed E-state index contributed by atoms with van der Waals surface area (Å²) in [6.07, 6.45) is 0. The van der Waals surface area contributed by atoms with Crippen LogP contribution in [0.1, 0.15) is 10.4 Å². The van der Waals surface area contributed by atoms with E-state index in [0.29, 0.717) is 37.7 Å². The van der Waals surface area contributed by atoms with Crippen LogP contribution in [-0.4, -0.2) is 49.6 Å². The largest absolute Gasteiger partial charge is 0.465 e. The van der Waals surface area contributed by atoms with Crippen LogP contribution in [0.25, 0.3) is 0 Å². The Kier molecular flexibility index (Phi) is 3.75. The molecule has 2 heterocycles. The van der Waals surface area contributed by atoms with E-state index in [1.54, 1.807) is 0 Å². The fourth-order valence-electron chi connectivity index (χ4n) is 1.63. The highest BCUT2D eigenvalue weighted by molar-refractivity contribution is 6.29. The van der Waals surface area contributed by atoms with Gasteiger partial charge in [0.2, 0.25) is 0 Å². The fourth-order valence-corrected chi connectivity index (χ4v) is 1.78. The Morgan fingerprint density at radius 2 is 2.18 bits per heavy atom. The van der Waals surface area contributed by atoms with E-state index in [9.17, 15) is 4.79 Å². The van der Waals surface area contributed by atoms with Gasteiger partial charge >= 0.3 is 5.97 Å². The van der Waals surface area contributed by atoms with Crippen molar-refractivity contribution in [1.29, 1.82) is 0 Å². The van der Waals surface area contributed by atoms with Gasteiger partial charge in [-0.25, -0.2) is 4.79 Å². The summed E-state index contributed by atoms with van der Waals surface area (Å²) in [7, 11) is 1.32. The molecule has 0 spiro atoms. The summed E-state index contributed by atoms with van der Waals surface area (Å²) in [5.74, 6) is 0.0211. The van der Waals surface area contributed by atoms with Crippen molar-refractivity contribution >= 4 is 23.4 Å². The number of methoxy groups -OCH3 is 1. The highest BCUT2D eigenvalue weighted by atomic mass is 35.5. The Hall–Kier alpha value is -1.40. The molecule has 0 aliphatic carbocycles. The van der Waals surface area contributed by atoms with Gasteiger partial charge in [-0.3, -0.25) is 0 Å². The molecule has 1 aliphatic rings. The molecule has 0 atom stereocenters. The smallest absolute Gasteiger partial charge is 0.341 e. The third-order valence-corrected chi connectivity index (χ3v) is 2.65. The Morgan fingerprint density at radius 1 is 1.47 bits per heavy atom. The van der Waals surface area contributed by atoms with Gasteiger partial charge in [0, 0.05) is 13.1 Å². The number of halogens is 1. The number of carbonyl (C=O) groups excluding carboxylic acids is 1. The molecule has 1 aliphatic heterocycles. The maximum atomic E-state index is 11.6. The number of hydrogen-bond acceptors (Lipinski definition) is 6. The second-order valence-electron chi connectivity index (χ2n) is 3.50. The predicted molar refractivity (Wildman–Crippen MR) is 61.4 cm³/mol. The van der Waals surface area contributed by atoms with Crippen LogP contribution in [0.5, 0.6) is 0 Å². The molecular formula is C10H12ClN3O3. The van der Waals surface area contributed by atoms with Gasteiger partial charge in [0.05, 0.1) is 20.3 Å². The van der Waals surface area contributed by atoms with Gasteiger partial charge in [-0.15, -0.1) is 10.2 Å². The minimum absolute atomic E-state index is 0.169. The Balaban J connectivity index is 2.34. The van der Waals surface area contributed by atoms with Gasteiger partial charge in [-0.1, -0.05) is 11.6 Å². The molecule has 92 valence electrons. The van der Waals surface area contributed by atoms with Crippen molar-refractivity contribution < 1.29 is 14.3 Å². The van der Waals surface area contributed by atoms with Crippen molar-refractivity contribution in [3.63, 3.8) is 0 Å². The minimum atomic E-state index is -0.469. The SMILES string of the molecule is COC(=O)c1cc(Cl)nnc1N1CCOCC1. The van der Waals surface area contributed by atoms with Crippen molar-refractivity contribution in [2.75, 3.05) is 38.3 Å². The van der Waals surface area contributed by atoms with E-state index >= 15 is 0 Å². The third-order valence-electron chi connectivity index (χ3n) is 2.46. The summed E-state index contributed by atoms with van der Waals surface area (Å²) in [6, 6.07) is 1.46. The van der Waals surface area contributed by atoms with Crippen molar-refractivity contribution in [3.05, 3.63) is 16.8 Å². The van der Waals surface area contributed by atoms with Crippen LogP contribution in [0, 0.1) is 0 Å². The van der Waals surface area contributed by atoms with Crippen LogP contribution in [0.2, 0.25) is 5.15 Å². The Labute approximate surface area is 103 Å². The molecule has 1 saturated heterocycles. The maximum absolute atomic E-state index is 11.6. The molecule has 0 radical (unpaired) electrons. The van der Waals surface area contributed by atoms with Crippen molar-refractivity contribution in [3.8, 4) is 0 Å². The molecule has 0 N–H and O–H groups in total. The molecule has 0 saturated carbocycles. The Morgan fingerprint density at radius 3 is 2.82 bits per heavy atom. The average Bonchev–Trinajstić information content (AvgIpc) is 2.38. The summed E-state index contributed by atoms with van der Waals surface area (Å²) >= 11 is 5.73. The van der Waals surface area contributed by atoms with Crippen molar-refractivity contribution in [1.82, 2.24) is 10.2 Å². The van der Waals surface area contributed by atoms with E-state index < -0.39 is 5.97 Å². The standard InChI is InChI=1S/C10H12ClN3O3/c1-16-10(15)7-6-8(11)12-13-9(7)14-2-4-17-5-3-14/h6H,2-5H2,1H3. The van der Waals surface area contributed by atoms with Crippen LogP contribution >= 0.6 is 11.6 Å². The number of aromatic nitrogens is 2. The van der Waals surface area contributed by atoms with Crippen LogP contribution in [-0.2, 0) is 9.47 Å². The molecule has 0 unspecified atom stereocenters. The second-order valence-corrected chi connectivity index (χ2v) is 3.88. The average molecular weight is 258 g/mol. The van der Waals surface area contributed by atoms with E-state index in [-0.39, 0.29) is 5.15 Å². The zero-order chi connectivity index (χ0) is 12.3. The number of anilines is 1. The number of hydrogen-bond donors (Lipinski definition) is 0. The molecule has 1 aromatic heterocycles. The van der Waals surface area contributed by atoms with Crippen molar-refractivity contribution in [2.24, 2.45) is 0 Å². The zero-order valence-corrected chi connectivity index (χ0v) is 10.1. The summed E-state index contributed by atoms with van der Waals surface area (Å²) in [5, 5.41) is 7.88. The fraction of sp³-hybridized carbons (Fsp3) is 0.500. The van der Waals surface area contributed by atoms with Crippen molar-refractivity contribution in [2.45, 2.75) is 0 Å². The van der Waals surface area contributed by atoms with Crippen LogP contribution in [0.4, 0.5) is 5.82 Å². The van der Waals surface area contributed by atoms with E-state index in [1.807, 2.05) is 4.90 Å². The molecule has 1 aromatic rings. The predicted octanol–water partition coefficient (Wildman–Crippen LogP) is 0.753. The zero-order valence-electron chi connectivity index (χ0n) is 9.35. The third kappa shape index (κ3) is 2.65. The van der Waals surface area contributed by atoms with Crippen LogP contribution in [0.3, 0.4) is 0 Å². The van der Waals surface area contributed by atoms with Crippen LogP contribution < -0.4 is 4.90 Å². The highest BCUT2D eigenvalue weighted by Crippen LogP contribution is 2.21. The Bertz CT molecular complexity index is 421. The first kappa shape index (κ1) is 12.1. The maximum Gasteiger partial charge on any atom is 0.341 e.